The molecular weight excluding hydrogens is 490 g/mol. The highest BCUT2D eigenvalue weighted by Gasteiger charge is 2.47. The summed E-state index contributed by atoms with van der Waals surface area (Å²) >= 11 is 0. The van der Waals surface area contributed by atoms with E-state index in [1.807, 2.05) is 13.8 Å². The number of rotatable bonds is 11. The topological polar surface area (TPSA) is 121 Å². The summed E-state index contributed by atoms with van der Waals surface area (Å²) in [6, 6.07) is 4.27. The molecule has 1 atom stereocenters. The Morgan fingerprint density at radius 3 is 2.37 bits per heavy atom. The Kier molecular flexibility index (Phi) is 9.22. The number of benzene rings is 1. The number of Topliss-reactive ketones (excluding diaryl/α,β-unsaturated/α-hetero) is 1. The summed E-state index contributed by atoms with van der Waals surface area (Å²) in [4.78, 5) is 46.0. The molecule has 0 bridgehead atoms. The molecule has 0 saturated carbocycles. The zero-order valence-corrected chi connectivity index (χ0v) is 23.1. The van der Waals surface area contributed by atoms with Crippen molar-refractivity contribution < 1.29 is 33.7 Å². The van der Waals surface area contributed by atoms with E-state index in [4.69, 9.17) is 14.2 Å². The van der Waals surface area contributed by atoms with Gasteiger partial charge in [0.1, 0.15) is 11.5 Å². The van der Waals surface area contributed by atoms with Crippen molar-refractivity contribution in [1.29, 1.82) is 0 Å². The predicted octanol–water partition coefficient (Wildman–Crippen LogP) is 3.59. The van der Waals surface area contributed by atoms with Crippen LogP contribution < -0.4 is 9.47 Å². The molecule has 1 aliphatic heterocycles. The third-order valence-corrected chi connectivity index (χ3v) is 6.97. The summed E-state index contributed by atoms with van der Waals surface area (Å²) in [5, 5.41) is 11.6. The molecule has 1 fully saturated rings. The number of likely N-dealkylation sites (tertiary alicyclic amines) is 1. The number of likely N-dealkylation sites (N-methyl/N-ethyl adjacent to an activating group) is 1. The van der Waals surface area contributed by atoms with Gasteiger partial charge in [-0.3, -0.25) is 9.59 Å². The molecule has 2 N–H and O–H groups in total. The van der Waals surface area contributed by atoms with Crippen LogP contribution in [0.3, 0.4) is 0 Å². The normalized spacial score (nSPS) is 16.8. The molecule has 0 aliphatic carbocycles. The number of aliphatic hydroxyl groups excluding tert-OH is 1. The van der Waals surface area contributed by atoms with Gasteiger partial charge >= 0.3 is 5.97 Å². The van der Waals surface area contributed by atoms with E-state index in [1.54, 1.807) is 39.0 Å². The smallest absolute Gasteiger partial charge is 0.355 e. The SMILES string of the molecule is CCOC(=O)c1[nH]c(C)c(C(O)=C2C(=O)C(=O)N(CCN(CC)CC)C2c2cccc(OC)c2OC)c1C. The molecule has 10 heteroatoms. The Morgan fingerprint density at radius 1 is 1.11 bits per heavy atom. The van der Waals surface area contributed by atoms with Crippen molar-refractivity contribution in [2.75, 3.05) is 47.0 Å². The number of aliphatic hydroxyl groups is 1. The number of aromatic nitrogens is 1. The van der Waals surface area contributed by atoms with E-state index >= 15 is 0 Å². The number of nitrogens with zero attached hydrogens (tertiary/aromatic N) is 2. The number of ether oxygens (including phenoxy) is 3. The van der Waals surface area contributed by atoms with E-state index in [2.05, 4.69) is 9.88 Å². The van der Waals surface area contributed by atoms with Crippen LogP contribution in [0.4, 0.5) is 0 Å². The number of para-hydroxylation sites is 1. The van der Waals surface area contributed by atoms with Crippen molar-refractivity contribution in [2.24, 2.45) is 0 Å². The number of nitrogens with one attached hydrogen (secondary N) is 1. The van der Waals surface area contributed by atoms with E-state index in [0.29, 0.717) is 34.9 Å². The Hall–Kier alpha value is -3.79. The molecule has 0 spiro atoms. The van der Waals surface area contributed by atoms with Gasteiger partial charge in [0, 0.05) is 29.9 Å². The summed E-state index contributed by atoms with van der Waals surface area (Å²) in [5.41, 5.74) is 1.77. The second-order valence-electron chi connectivity index (χ2n) is 8.95. The van der Waals surface area contributed by atoms with Gasteiger partial charge < -0.3 is 34.1 Å². The van der Waals surface area contributed by atoms with E-state index in [-0.39, 0.29) is 35.7 Å². The van der Waals surface area contributed by atoms with Crippen LogP contribution in [0, 0.1) is 13.8 Å². The fourth-order valence-electron chi connectivity index (χ4n) is 5.00. The first-order valence-electron chi connectivity index (χ1n) is 12.7. The number of methoxy groups -OCH3 is 2. The summed E-state index contributed by atoms with van der Waals surface area (Å²) in [5.74, 6) is -1.68. The van der Waals surface area contributed by atoms with Gasteiger partial charge in [-0.2, -0.15) is 0 Å². The Labute approximate surface area is 223 Å². The lowest BCUT2D eigenvalue weighted by Gasteiger charge is -2.29. The van der Waals surface area contributed by atoms with Gasteiger partial charge in [0.05, 0.1) is 32.4 Å². The lowest BCUT2D eigenvalue weighted by molar-refractivity contribution is -0.140. The van der Waals surface area contributed by atoms with Crippen molar-refractivity contribution in [2.45, 2.75) is 40.7 Å². The molecule has 10 nitrogen and oxygen atoms in total. The lowest BCUT2D eigenvalue weighted by Crippen LogP contribution is -2.38. The largest absolute Gasteiger partial charge is 0.507 e. The van der Waals surface area contributed by atoms with Crippen molar-refractivity contribution in [3.05, 3.63) is 51.9 Å². The maximum Gasteiger partial charge on any atom is 0.355 e. The Morgan fingerprint density at radius 2 is 1.79 bits per heavy atom. The summed E-state index contributed by atoms with van der Waals surface area (Å²) < 4.78 is 16.3. The standard InChI is InChI=1S/C28H37N3O7/c1-8-30(9-2)14-15-31-23(18-12-11-13-19(36-6)26(18)37-7)21(25(33)27(31)34)24(32)20-16(4)22(29-17(20)5)28(35)38-10-3/h11-13,23,29,32H,8-10,14-15H2,1-7H3. The average Bonchev–Trinajstić information content (AvgIpc) is 3.35. The van der Waals surface area contributed by atoms with Crippen molar-refractivity contribution >= 4 is 23.4 Å². The molecule has 206 valence electrons. The van der Waals surface area contributed by atoms with E-state index in [9.17, 15) is 19.5 Å². The number of aromatic amines is 1. The molecule has 2 heterocycles. The zero-order chi connectivity index (χ0) is 28.1. The summed E-state index contributed by atoms with van der Waals surface area (Å²) in [6.45, 7) is 11.6. The number of ketones is 1. The first-order chi connectivity index (χ1) is 18.2. The molecule has 1 saturated heterocycles. The van der Waals surface area contributed by atoms with Crippen LogP contribution in [0.1, 0.15) is 59.7 Å². The maximum atomic E-state index is 13.5. The van der Waals surface area contributed by atoms with Gasteiger partial charge in [0.15, 0.2) is 11.5 Å². The highest BCUT2D eigenvalue weighted by atomic mass is 16.5. The summed E-state index contributed by atoms with van der Waals surface area (Å²) in [7, 11) is 2.98. The second kappa shape index (κ2) is 12.2. The predicted molar refractivity (Wildman–Crippen MR) is 143 cm³/mol. The number of hydrogen-bond acceptors (Lipinski definition) is 8. The lowest BCUT2D eigenvalue weighted by atomic mass is 9.93. The van der Waals surface area contributed by atoms with Gasteiger partial charge in [0.25, 0.3) is 11.7 Å². The Bertz CT molecular complexity index is 1240. The van der Waals surface area contributed by atoms with Crippen LogP contribution in [0.5, 0.6) is 11.5 Å². The minimum Gasteiger partial charge on any atom is -0.507 e. The molecule has 2 aromatic rings. The van der Waals surface area contributed by atoms with Crippen LogP contribution in [0.25, 0.3) is 5.76 Å². The third-order valence-electron chi connectivity index (χ3n) is 6.97. The highest BCUT2D eigenvalue weighted by Crippen LogP contribution is 2.46. The number of carbonyl (C=O) groups is 3. The van der Waals surface area contributed by atoms with Gasteiger partial charge in [0.2, 0.25) is 0 Å². The average molecular weight is 528 g/mol. The van der Waals surface area contributed by atoms with E-state index in [0.717, 1.165) is 13.1 Å². The van der Waals surface area contributed by atoms with Crippen LogP contribution in [-0.4, -0.2) is 84.6 Å². The van der Waals surface area contributed by atoms with Crippen LogP contribution >= 0.6 is 0 Å². The number of esters is 1. The minimum absolute atomic E-state index is 0.0818. The summed E-state index contributed by atoms with van der Waals surface area (Å²) in [6.07, 6.45) is 0. The van der Waals surface area contributed by atoms with Gasteiger partial charge in [-0.05, 0) is 45.5 Å². The monoisotopic (exact) mass is 527 g/mol. The fraction of sp³-hybridized carbons (Fsp3) is 0.464. The Balaban J connectivity index is 2.26. The molecular formula is C28H37N3O7. The number of amides is 1. The first-order valence-corrected chi connectivity index (χ1v) is 12.7. The van der Waals surface area contributed by atoms with E-state index in [1.165, 1.54) is 19.1 Å². The van der Waals surface area contributed by atoms with Gasteiger partial charge in [-0.25, -0.2) is 4.79 Å². The minimum atomic E-state index is -0.935. The van der Waals surface area contributed by atoms with Crippen molar-refractivity contribution in [3.63, 3.8) is 0 Å². The molecule has 1 aromatic heterocycles. The first kappa shape index (κ1) is 28.8. The molecule has 1 aliphatic rings. The number of carbonyl (C=O) groups excluding carboxylic acids is 3. The van der Waals surface area contributed by atoms with Crippen LogP contribution in [0.15, 0.2) is 23.8 Å². The van der Waals surface area contributed by atoms with Gasteiger partial charge in [-0.15, -0.1) is 0 Å². The van der Waals surface area contributed by atoms with Crippen molar-refractivity contribution in [3.8, 4) is 11.5 Å². The van der Waals surface area contributed by atoms with Crippen molar-refractivity contribution in [1.82, 2.24) is 14.8 Å². The number of aryl methyl sites for hydroxylation is 1. The third kappa shape index (κ3) is 5.13. The molecule has 1 aromatic carbocycles. The fourth-order valence-corrected chi connectivity index (χ4v) is 5.00. The number of H-pyrrole nitrogens is 1. The second-order valence-corrected chi connectivity index (χ2v) is 8.95. The molecule has 0 radical (unpaired) electrons. The van der Waals surface area contributed by atoms with E-state index < -0.39 is 23.7 Å². The molecule has 3 rings (SSSR count). The highest BCUT2D eigenvalue weighted by molar-refractivity contribution is 6.46. The quantitative estimate of drug-likeness (QED) is 0.197. The molecule has 38 heavy (non-hydrogen) atoms. The molecule has 1 amide bonds. The van der Waals surface area contributed by atoms with Crippen LogP contribution in [-0.2, 0) is 14.3 Å². The molecule has 1 unspecified atom stereocenters. The maximum absolute atomic E-state index is 13.5. The van der Waals surface area contributed by atoms with Gasteiger partial charge in [-0.1, -0.05) is 26.0 Å². The zero-order valence-electron chi connectivity index (χ0n) is 23.1. The number of hydrogen-bond donors (Lipinski definition) is 2. The van der Waals surface area contributed by atoms with Crippen LogP contribution in [0.2, 0.25) is 0 Å².